The Bertz CT molecular complexity index is 384. The molecule has 1 rings (SSSR count). The van der Waals surface area contributed by atoms with Gasteiger partial charge in [0.05, 0.1) is 0 Å². The molecule has 0 unspecified atom stereocenters. The third-order valence-electron chi connectivity index (χ3n) is 1.63. The molecular weight excluding hydrogens is 274 g/mol. The maximum Gasteiger partial charge on any atom is 0.340 e. The quantitative estimate of drug-likeness (QED) is 0.370. The van der Waals surface area contributed by atoms with Gasteiger partial charge in [-0.1, -0.05) is 30.3 Å². The van der Waals surface area contributed by atoms with E-state index in [1.54, 1.807) is 30.3 Å². The van der Waals surface area contributed by atoms with E-state index >= 15 is 0 Å². The lowest BCUT2D eigenvalue weighted by Crippen LogP contribution is -2.18. The highest BCUT2D eigenvalue weighted by molar-refractivity contribution is 6.66. The zero-order chi connectivity index (χ0) is 12.2. The summed E-state index contributed by atoms with van der Waals surface area (Å²) >= 11 is 15.7. The van der Waals surface area contributed by atoms with E-state index in [2.05, 4.69) is 4.74 Å². The Hall–Kier alpha value is -0.770. The molecule has 0 fully saturated rings. The number of hydrogen-bond acceptors (Lipinski definition) is 3. The molecule has 0 aromatic heterocycles. The summed E-state index contributed by atoms with van der Waals surface area (Å²) in [5.74, 6) is -1.27. The molecule has 0 heterocycles. The fraction of sp³-hybridized carbons (Fsp3) is 0.200. The summed E-state index contributed by atoms with van der Waals surface area (Å²) in [5, 5.41) is 0. The summed E-state index contributed by atoms with van der Waals surface area (Å²) in [6, 6.07) is 8.31. The van der Waals surface area contributed by atoms with Crippen molar-refractivity contribution >= 4 is 46.6 Å². The Kier molecular flexibility index (Phi) is 4.59. The predicted molar refractivity (Wildman–Crippen MR) is 61.8 cm³/mol. The third-order valence-corrected chi connectivity index (χ3v) is 1.86. The van der Waals surface area contributed by atoms with Gasteiger partial charge in [-0.15, -0.1) is 0 Å². The number of alkyl halides is 3. The first-order chi connectivity index (χ1) is 7.38. The summed E-state index contributed by atoms with van der Waals surface area (Å²) in [5.41, 5.74) is 0.406. The number of ketones is 1. The van der Waals surface area contributed by atoms with E-state index in [4.69, 9.17) is 34.8 Å². The molecule has 1 aromatic rings. The van der Waals surface area contributed by atoms with Crippen LogP contribution in [0.5, 0.6) is 0 Å². The second-order valence-electron chi connectivity index (χ2n) is 2.89. The van der Waals surface area contributed by atoms with Gasteiger partial charge in [-0.3, -0.25) is 9.59 Å². The molecule has 0 bridgehead atoms. The summed E-state index contributed by atoms with van der Waals surface area (Å²) in [4.78, 5) is 22.7. The molecule has 0 saturated carbocycles. The third kappa shape index (κ3) is 4.84. The molecule has 0 aliphatic heterocycles. The number of hydrogen-bond donors (Lipinski definition) is 0. The normalized spacial score (nSPS) is 10.9. The van der Waals surface area contributed by atoms with Gasteiger partial charge in [-0.25, -0.2) is 0 Å². The van der Waals surface area contributed by atoms with E-state index in [1.807, 2.05) is 0 Å². The van der Waals surface area contributed by atoms with Gasteiger partial charge in [0, 0.05) is 5.56 Å². The second-order valence-corrected chi connectivity index (χ2v) is 5.06. The number of halogens is 3. The van der Waals surface area contributed by atoms with Crippen LogP contribution in [0.4, 0.5) is 0 Å². The van der Waals surface area contributed by atoms with Crippen LogP contribution in [0.3, 0.4) is 0 Å². The van der Waals surface area contributed by atoms with Crippen LogP contribution in [0.2, 0.25) is 0 Å². The molecule has 0 aliphatic carbocycles. The van der Waals surface area contributed by atoms with Crippen LogP contribution in [-0.4, -0.2) is 15.7 Å². The lowest BCUT2D eigenvalue weighted by molar-refractivity contribution is -0.143. The molecule has 0 N–H and O–H groups in total. The molecular formula is C10H7Cl3O3. The zero-order valence-electron chi connectivity index (χ0n) is 7.95. The van der Waals surface area contributed by atoms with E-state index < -0.39 is 16.4 Å². The van der Waals surface area contributed by atoms with Crippen molar-refractivity contribution in [2.24, 2.45) is 0 Å². The van der Waals surface area contributed by atoms with Crippen LogP contribution in [0.25, 0.3) is 0 Å². The van der Waals surface area contributed by atoms with Crippen LogP contribution in [0.1, 0.15) is 16.8 Å². The van der Waals surface area contributed by atoms with Gasteiger partial charge in [-0.2, -0.15) is 0 Å². The summed E-state index contributed by atoms with van der Waals surface area (Å²) in [7, 11) is 0. The van der Waals surface area contributed by atoms with Crippen molar-refractivity contribution in [2.45, 2.75) is 10.4 Å². The molecule has 0 saturated heterocycles. The van der Waals surface area contributed by atoms with Crippen LogP contribution in [0.15, 0.2) is 30.3 Å². The van der Waals surface area contributed by atoms with Crippen molar-refractivity contribution in [2.75, 3.05) is 0 Å². The molecule has 0 atom stereocenters. The van der Waals surface area contributed by atoms with Gasteiger partial charge in [0.25, 0.3) is 0 Å². The molecule has 16 heavy (non-hydrogen) atoms. The fourth-order valence-electron chi connectivity index (χ4n) is 1.02. The topological polar surface area (TPSA) is 43.4 Å². The summed E-state index contributed by atoms with van der Waals surface area (Å²) < 4.78 is 2.24. The Labute approximate surface area is 107 Å². The lowest BCUT2D eigenvalue weighted by Gasteiger charge is -2.11. The predicted octanol–water partition coefficient (Wildman–Crippen LogP) is 3.13. The number of rotatable bonds is 3. The Morgan fingerprint density at radius 3 is 2.19 bits per heavy atom. The van der Waals surface area contributed by atoms with Gasteiger partial charge in [0.1, 0.15) is 6.42 Å². The second kappa shape index (κ2) is 5.53. The minimum atomic E-state index is -2.13. The highest BCUT2D eigenvalue weighted by atomic mass is 35.6. The SMILES string of the molecule is O=C(CC(=O)c1ccccc1)OC(Cl)(Cl)Cl. The average molecular weight is 282 g/mol. The number of ether oxygens (including phenoxy) is 1. The van der Waals surface area contributed by atoms with Crippen LogP contribution < -0.4 is 0 Å². The van der Waals surface area contributed by atoms with Gasteiger partial charge in [0.2, 0.25) is 0 Å². The Morgan fingerprint density at radius 2 is 1.69 bits per heavy atom. The molecule has 3 nitrogen and oxygen atoms in total. The first-order valence-corrected chi connectivity index (χ1v) is 5.39. The molecule has 0 amide bonds. The fourth-order valence-corrected chi connectivity index (χ4v) is 1.28. The Balaban J connectivity index is 2.56. The van der Waals surface area contributed by atoms with E-state index in [9.17, 15) is 9.59 Å². The number of esters is 1. The average Bonchev–Trinajstić information content (AvgIpc) is 2.16. The highest BCUT2D eigenvalue weighted by Crippen LogP contribution is 2.27. The van der Waals surface area contributed by atoms with Gasteiger partial charge >= 0.3 is 9.95 Å². The smallest absolute Gasteiger partial charge is 0.340 e. The van der Waals surface area contributed by atoms with E-state index in [1.165, 1.54) is 0 Å². The highest BCUT2D eigenvalue weighted by Gasteiger charge is 2.26. The zero-order valence-corrected chi connectivity index (χ0v) is 10.2. The van der Waals surface area contributed by atoms with Crippen molar-refractivity contribution in [1.82, 2.24) is 0 Å². The number of carbonyl (C=O) groups is 2. The maximum atomic E-state index is 11.5. The van der Waals surface area contributed by atoms with E-state index in [-0.39, 0.29) is 5.78 Å². The largest absolute Gasteiger partial charge is 0.414 e. The first-order valence-electron chi connectivity index (χ1n) is 4.25. The molecule has 0 spiro atoms. The summed E-state index contributed by atoms with van der Waals surface area (Å²) in [6.45, 7) is 0. The van der Waals surface area contributed by atoms with Gasteiger partial charge in [-0.05, 0) is 34.8 Å². The van der Waals surface area contributed by atoms with Crippen molar-refractivity contribution in [3.05, 3.63) is 35.9 Å². The van der Waals surface area contributed by atoms with Crippen molar-refractivity contribution in [1.29, 1.82) is 0 Å². The van der Waals surface area contributed by atoms with Crippen LogP contribution >= 0.6 is 34.8 Å². The number of Topliss-reactive ketones (excluding diaryl/α,β-unsaturated/α-hetero) is 1. The monoisotopic (exact) mass is 280 g/mol. The van der Waals surface area contributed by atoms with Crippen molar-refractivity contribution < 1.29 is 14.3 Å². The number of carbonyl (C=O) groups excluding carboxylic acids is 2. The van der Waals surface area contributed by atoms with Crippen LogP contribution in [-0.2, 0) is 9.53 Å². The number of benzene rings is 1. The van der Waals surface area contributed by atoms with E-state index in [0.29, 0.717) is 5.56 Å². The standard InChI is InChI=1S/C10H7Cl3O3/c11-10(12,13)16-9(15)6-8(14)7-4-2-1-3-5-7/h1-5H,6H2. The molecule has 1 aromatic carbocycles. The first kappa shape index (κ1) is 13.3. The van der Waals surface area contributed by atoms with Crippen LogP contribution in [0, 0.1) is 0 Å². The Morgan fingerprint density at radius 1 is 1.12 bits per heavy atom. The van der Waals surface area contributed by atoms with Gasteiger partial charge < -0.3 is 4.74 Å². The molecule has 0 radical (unpaired) electrons. The maximum absolute atomic E-state index is 11.5. The van der Waals surface area contributed by atoms with Crippen molar-refractivity contribution in [3.63, 3.8) is 0 Å². The van der Waals surface area contributed by atoms with Gasteiger partial charge in [0.15, 0.2) is 5.78 Å². The minimum absolute atomic E-state index is 0.389. The molecule has 0 aliphatic rings. The molecule has 6 heteroatoms. The molecule has 86 valence electrons. The minimum Gasteiger partial charge on any atom is -0.414 e. The van der Waals surface area contributed by atoms with E-state index in [0.717, 1.165) is 0 Å². The summed E-state index contributed by atoms with van der Waals surface area (Å²) in [6.07, 6.45) is -0.460. The lowest BCUT2D eigenvalue weighted by atomic mass is 10.1. The van der Waals surface area contributed by atoms with Crippen molar-refractivity contribution in [3.8, 4) is 0 Å².